The van der Waals surface area contributed by atoms with Gasteiger partial charge in [0.2, 0.25) is 5.91 Å². The monoisotopic (exact) mass is 251 g/mol. The van der Waals surface area contributed by atoms with E-state index in [1.54, 1.807) is 0 Å². The fourth-order valence-electron chi connectivity index (χ4n) is 1.91. The molecule has 1 heterocycles. The Morgan fingerprint density at radius 2 is 1.94 bits per heavy atom. The molecule has 0 spiro atoms. The van der Waals surface area contributed by atoms with Crippen LogP contribution in [0.3, 0.4) is 0 Å². The number of aromatic nitrogens is 2. The van der Waals surface area contributed by atoms with Gasteiger partial charge in [0.15, 0.2) is 0 Å². The maximum absolute atomic E-state index is 11.8. The lowest BCUT2D eigenvalue weighted by molar-refractivity contribution is -0.121. The summed E-state index contributed by atoms with van der Waals surface area (Å²) in [5.41, 5.74) is 3.38. The zero-order valence-electron chi connectivity index (χ0n) is 12.4. The highest BCUT2D eigenvalue weighted by molar-refractivity contribution is 5.76. The van der Waals surface area contributed by atoms with Gasteiger partial charge in [0, 0.05) is 25.2 Å². The van der Waals surface area contributed by atoms with Crippen LogP contribution in [-0.4, -0.2) is 21.7 Å². The van der Waals surface area contributed by atoms with Crippen LogP contribution in [-0.2, 0) is 18.3 Å². The van der Waals surface area contributed by atoms with Crippen molar-refractivity contribution in [2.45, 2.75) is 53.5 Å². The maximum Gasteiger partial charge on any atom is 0.220 e. The lowest BCUT2D eigenvalue weighted by atomic mass is 10.0. The van der Waals surface area contributed by atoms with Gasteiger partial charge in [-0.25, -0.2) is 0 Å². The van der Waals surface area contributed by atoms with Crippen LogP contribution in [0.4, 0.5) is 0 Å². The largest absolute Gasteiger partial charge is 0.353 e. The number of nitrogens with one attached hydrogen (secondary N) is 1. The van der Waals surface area contributed by atoms with Crippen molar-refractivity contribution in [2.75, 3.05) is 0 Å². The molecule has 0 aliphatic rings. The first-order valence-corrected chi connectivity index (χ1v) is 6.61. The minimum atomic E-state index is 0.124. The summed E-state index contributed by atoms with van der Waals surface area (Å²) >= 11 is 0. The fourth-order valence-corrected chi connectivity index (χ4v) is 1.91. The minimum Gasteiger partial charge on any atom is -0.353 e. The standard InChI is InChI=1S/C14H25N3O/c1-9(2)10(3)15-14(18)8-7-13-11(4)16-17(6)12(13)5/h9-10H,7-8H2,1-6H3,(H,15,18)/t10-/m1/s1. The highest BCUT2D eigenvalue weighted by Crippen LogP contribution is 2.14. The molecule has 1 aromatic rings. The third-order valence-corrected chi connectivity index (χ3v) is 3.65. The van der Waals surface area contributed by atoms with Crippen LogP contribution in [0.2, 0.25) is 0 Å². The van der Waals surface area contributed by atoms with Crippen molar-refractivity contribution < 1.29 is 4.79 Å². The topological polar surface area (TPSA) is 46.9 Å². The molecule has 0 aliphatic heterocycles. The summed E-state index contributed by atoms with van der Waals surface area (Å²) in [4.78, 5) is 11.8. The Labute approximate surface area is 110 Å². The van der Waals surface area contributed by atoms with Crippen molar-refractivity contribution in [1.29, 1.82) is 0 Å². The molecule has 0 saturated carbocycles. The summed E-state index contributed by atoms with van der Waals surface area (Å²) in [6.45, 7) is 10.3. The zero-order valence-corrected chi connectivity index (χ0v) is 12.4. The van der Waals surface area contributed by atoms with Crippen molar-refractivity contribution in [3.63, 3.8) is 0 Å². The van der Waals surface area contributed by atoms with Gasteiger partial charge < -0.3 is 5.32 Å². The molecule has 0 aliphatic carbocycles. The third-order valence-electron chi connectivity index (χ3n) is 3.65. The van der Waals surface area contributed by atoms with E-state index in [2.05, 4.69) is 24.3 Å². The van der Waals surface area contributed by atoms with Crippen molar-refractivity contribution in [2.24, 2.45) is 13.0 Å². The normalized spacial score (nSPS) is 12.8. The highest BCUT2D eigenvalue weighted by atomic mass is 16.1. The van der Waals surface area contributed by atoms with E-state index < -0.39 is 0 Å². The maximum atomic E-state index is 11.8. The molecular formula is C14H25N3O. The van der Waals surface area contributed by atoms with Crippen LogP contribution in [0, 0.1) is 19.8 Å². The highest BCUT2D eigenvalue weighted by Gasteiger charge is 2.13. The number of rotatable bonds is 5. The Hall–Kier alpha value is -1.32. The summed E-state index contributed by atoms with van der Waals surface area (Å²) in [6.07, 6.45) is 1.30. The van der Waals surface area contributed by atoms with Crippen LogP contribution < -0.4 is 5.32 Å². The Kier molecular flexibility index (Phi) is 4.93. The molecule has 0 aromatic carbocycles. The van der Waals surface area contributed by atoms with Gasteiger partial charge in [-0.1, -0.05) is 13.8 Å². The first-order valence-electron chi connectivity index (χ1n) is 6.61. The van der Waals surface area contributed by atoms with E-state index in [0.29, 0.717) is 12.3 Å². The number of carbonyl (C=O) groups is 1. The molecule has 1 N–H and O–H groups in total. The first kappa shape index (κ1) is 14.7. The summed E-state index contributed by atoms with van der Waals surface area (Å²) in [6, 6.07) is 0.230. The van der Waals surface area contributed by atoms with Gasteiger partial charge in [0.05, 0.1) is 5.69 Å². The van der Waals surface area contributed by atoms with Gasteiger partial charge in [-0.2, -0.15) is 5.10 Å². The van der Waals surface area contributed by atoms with E-state index >= 15 is 0 Å². The molecule has 1 atom stereocenters. The Balaban J connectivity index is 2.53. The quantitative estimate of drug-likeness (QED) is 0.871. The molecule has 1 amide bonds. The minimum absolute atomic E-state index is 0.124. The number of nitrogens with zero attached hydrogens (tertiary/aromatic N) is 2. The smallest absolute Gasteiger partial charge is 0.220 e. The van der Waals surface area contributed by atoms with E-state index in [9.17, 15) is 4.79 Å². The van der Waals surface area contributed by atoms with E-state index in [4.69, 9.17) is 0 Å². The molecule has 102 valence electrons. The van der Waals surface area contributed by atoms with Crippen LogP contribution >= 0.6 is 0 Å². The summed E-state index contributed by atoms with van der Waals surface area (Å²) in [7, 11) is 1.94. The molecule has 0 saturated heterocycles. The number of carbonyl (C=O) groups excluding carboxylic acids is 1. The summed E-state index contributed by atoms with van der Waals surface area (Å²) in [5.74, 6) is 0.592. The Morgan fingerprint density at radius 3 is 2.39 bits per heavy atom. The van der Waals surface area contributed by atoms with Gasteiger partial charge in [0.1, 0.15) is 0 Å². The van der Waals surface area contributed by atoms with E-state index in [0.717, 1.165) is 17.8 Å². The molecule has 0 unspecified atom stereocenters. The average Bonchev–Trinajstić information content (AvgIpc) is 2.51. The third kappa shape index (κ3) is 3.59. The lowest BCUT2D eigenvalue weighted by Gasteiger charge is -2.17. The zero-order chi connectivity index (χ0) is 13.9. The molecule has 1 aromatic heterocycles. The van der Waals surface area contributed by atoms with Crippen LogP contribution in [0.15, 0.2) is 0 Å². The summed E-state index contributed by atoms with van der Waals surface area (Å²) < 4.78 is 1.87. The molecule has 4 nitrogen and oxygen atoms in total. The SMILES string of the molecule is Cc1nn(C)c(C)c1CCC(=O)N[C@H](C)C(C)C. The molecule has 18 heavy (non-hydrogen) atoms. The predicted octanol–water partition coefficient (Wildman–Crippen LogP) is 2.13. The van der Waals surface area contributed by atoms with Crippen molar-refractivity contribution in [3.8, 4) is 0 Å². The molecule has 1 rings (SSSR count). The fraction of sp³-hybridized carbons (Fsp3) is 0.714. The second-order valence-electron chi connectivity index (χ2n) is 5.37. The van der Waals surface area contributed by atoms with Gasteiger partial charge >= 0.3 is 0 Å². The van der Waals surface area contributed by atoms with Crippen molar-refractivity contribution in [3.05, 3.63) is 17.0 Å². The molecule has 0 bridgehead atoms. The summed E-state index contributed by atoms with van der Waals surface area (Å²) in [5, 5.41) is 7.39. The Morgan fingerprint density at radius 1 is 1.33 bits per heavy atom. The second-order valence-corrected chi connectivity index (χ2v) is 5.37. The van der Waals surface area contributed by atoms with Crippen LogP contribution in [0.5, 0.6) is 0 Å². The van der Waals surface area contributed by atoms with Crippen molar-refractivity contribution >= 4 is 5.91 Å². The van der Waals surface area contributed by atoms with E-state index in [-0.39, 0.29) is 11.9 Å². The molecule has 4 heteroatoms. The molecular weight excluding hydrogens is 226 g/mol. The van der Waals surface area contributed by atoms with Gasteiger partial charge in [0.25, 0.3) is 0 Å². The average molecular weight is 251 g/mol. The molecule has 0 radical (unpaired) electrons. The Bertz CT molecular complexity index is 421. The van der Waals surface area contributed by atoms with E-state index in [1.807, 2.05) is 32.5 Å². The van der Waals surface area contributed by atoms with Crippen molar-refractivity contribution in [1.82, 2.24) is 15.1 Å². The van der Waals surface area contributed by atoms with Gasteiger partial charge in [-0.15, -0.1) is 0 Å². The first-order chi connectivity index (χ1) is 8.32. The van der Waals surface area contributed by atoms with E-state index in [1.165, 1.54) is 5.56 Å². The molecule has 0 fully saturated rings. The second kappa shape index (κ2) is 6.03. The predicted molar refractivity (Wildman–Crippen MR) is 73.4 cm³/mol. The lowest BCUT2D eigenvalue weighted by Crippen LogP contribution is -2.36. The number of hydrogen-bond donors (Lipinski definition) is 1. The van der Waals surface area contributed by atoms with Crippen LogP contribution in [0.25, 0.3) is 0 Å². The van der Waals surface area contributed by atoms with Crippen LogP contribution in [0.1, 0.15) is 44.1 Å². The number of amides is 1. The van der Waals surface area contributed by atoms with Gasteiger partial charge in [-0.3, -0.25) is 9.48 Å². The number of aryl methyl sites for hydroxylation is 2. The van der Waals surface area contributed by atoms with Gasteiger partial charge in [-0.05, 0) is 38.7 Å². The number of hydrogen-bond acceptors (Lipinski definition) is 2.